The van der Waals surface area contributed by atoms with Gasteiger partial charge in [-0.15, -0.1) is 0 Å². The predicted octanol–water partition coefficient (Wildman–Crippen LogP) is 2.27. The lowest BCUT2D eigenvalue weighted by Crippen LogP contribution is -2.49. The zero-order valence-corrected chi connectivity index (χ0v) is 12.9. The highest BCUT2D eigenvalue weighted by Gasteiger charge is 2.39. The van der Waals surface area contributed by atoms with Crippen LogP contribution in [-0.2, 0) is 14.3 Å². The van der Waals surface area contributed by atoms with E-state index in [-0.39, 0.29) is 5.78 Å². The maximum Gasteiger partial charge on any atom is 0.319 e. The largest absolute Gasteiger partial charge is 0.465 e. The summed E-state index contributed by atoms with van der Waals surface area (Å²) in [5.41, 5.74) is -1.05. The second kappa shape index (κ2) is 6.51. The van der Waals surface area contributed by atoms with E-state index in [0.29, 0.717) is 25.1 Å². The highest BCUT2D eigenvalue weighted by molar-refractivity contribution is 6.03. The number of Topliss-reactive ketones (excluding diaryl/α,β-unsaturated/α-hetero) is 1. The molecule has 0 bridgehead atoms. The summed E-state index contributed by atoms with van der Waals surface area (Å²) in [5.74, 6) is 0.136. The summed E-state index contributed by atoms with van der Waals surface area (Å²) < 4.78 is 4.99. The van der Waals surface area contributed by atoms with Gasteiger partial charge in [0.25, 0.3) is 0 Å². The summed E-state index contributed by atoms with van der Waals surface area (Å²) in [6.07, 6.45) is 2.34. The van der Waals surface area contributed by atoms with Gasteiger partial charge < -0.3 is 4.74 Å². The van der Waals surface area contributed by atoms with E-state index in [1.54, 1.807) is 20.8 Å². The monoisotopic (exact) mass is 269 g/mol. The van der Waals surface area contributed by atoms with Crippen LogP contribution < -0.4 is 0 Å². The molecule has 4 nitrogen and oxygen atoms in total. The number of ether oxygens (including phenoxy) is 1. The fraction of sp³-hybridized carbons (Fsp3) is 0.867. The number of carbonyl (C=O) groups is 2. The molecule has 0 aromatic carbocycles. The van der Waals surface area contributed by atoms with Crippen LogP contribution in [0.25, 0.3) is 0 Å². The Bertz CT molecular complexity index is 338. The van der Waals surface area contributed by atoms with Crippen LogP contribution in [0.4, 0.5) is 0 Å². The number of likely N-dealkylation sites (tertiary alicyclic amines) is 1. The Kier molecular flexibility index (Phi) is 5.53. The molecule has 1 aliphatic heterocycles. The fourth-order valence-corrected chi connectivity index (χ4v) is 2.45. The highest BCUT2D eigenvalue weighted by Crippen LogP contribution is 2.25. The Morgan fingerprint density at radius 1 is 1.32 bits per heavy atom. The molecule has 2 unspecified atom stereocenters. The smallest absolute Gasteiger partial charge is 0.319 e. The van der Waals surface area contributed by atoms with E-state index < -0.39 is 11.4 Å². The van der Waals surface area contributed by atoms with Gasteiger partial charge in [0, 0.05) is 6.04 Å². The van der Waals surface area contributed by atoms with E-state index in [4.69, 9.17) is 4.74 Å². The molecule has 19 heavy (non-hydrogen) atoms. The Labute approximate surface area is 116 Å². The summed E-state index contributed by atoms with van der Waals surface area (Å²) in [7, 11) is 0. The van der Waals surface area contributed by atoms with Crippen molar-refractivity contribution in [3.63, 3.8) is 0 Å². The van der Waals surface area contributed by atoms with E-state index in [0.717, 1.165) is 13.0 Å². The minimum atomic E-state index is -1.05. The first kappa shape index (κ1) is 16.2. The minimum absolute atomic E-state index is 0.0492. The first-order valence-corrected chi connectivity index (χ1v) is 7.25. The van der Waals surface area contributed by atoms with Crippen LogP contribution in [0.3, 0.4) is 0 Å². The topological polar surface area (TPSA) is 46.6 Å². The summed E-state index contributed by atoms with van der Waals surface area (Å²) >= 11 is 0. The maximum atomic E-state index is 12.4. The van der Waals surface area contributed by atoms with Crippen LogP contribution in [-0.4, -0.2) is 42.4 Å². The predicted molar refractivity (Wildman–Crippen MR) is 74.9 cm³/mol. The van der Waals surface area contributed by atoms with Crippen molar-refractivity contribution in [2.75, 3.05) is 19.7 Å². The lowest BCUT2D eigenvalue weighted by Gasteiger charge is -2.38. The standard InChI is InChI=1S/C15H27NO3/c1-6-19-14(18)15(4,5)13(17)10-16-9-7-8-11(2)12(16)3/h11-12H,6-10H2,1-5H3. The summed E-state index contributed by atoms with van der Waals surface area (Å²) in [4.78, 5) is 26.4. The van der Waals surface area contributed by atoms with Crippen molar-refractivity contribution in [1.82, 2.24) is 4.90 Å². The average molecular weight is 269 g/mol. The van der Waals surface area contributed by atoms with Crippen molar-refractivity contribution < 1.29 is 14.3 Å². The molecule has 0 aliphatic carbocycles. The van der Waals surface area contributed by atoms with Gasteiger partial charge in [-0.3, -0.25) is 14.5 Å². The molecule has 1 rings (SSSR count). The van der Waals surface area contributed by atoms with E-state index >= 15 is 0 Å². The molecule has 1 aliphatic rings. The van der Waals surface area contributed by atoms with Crippen LogP contribution in [0.15, 0.2) is 0 Å². The maximum absolute atomic E-state index is 12.4. The summed E-state index contributed by atoms with van der Waals surface area (Å²) in [6.45, 7) is 11.1. The highest BCUT2D eigenvalue weighted by atomic mass is 16.5. The fourth-order valence-electron chi connectivity index (χ4n) is 2.45. The number of hydrogen-bond acceptors (Lipinski definition) is 4. The molecule has 1 heterocycles. The number of esters is 1. The molecule has 0 radical (unpaired) electrons. The normalized spacial score (nSPS) is 25.1. The van der Waals surface area contributed by atoms with Crippen LogP contribution in [0.2, 0.25) is 0 Å². The van der Waals surface area contributed by atoms with Gasteiger partial charge in [-0.1, -0.05) is 6.92 Å². The molecule has 4 heteroatoms. The SMILES string of the molecule is CCOC(=O)C(C)(C)C(=O)CN1CCCC(C)C1C. The Morgan fingerprint density at radius 2 is 1.95 bits per heavy atom. The number of rotatable bonds is 5. The number of carbonyl (C=O) groups excluding carboxylic acids is 2. The van der Waals surface area contributed by atoms with Crippen molar-refractivity contribution in [1.29, 1.82) is 0 Å². The van der Waals surface area contributed by atoms with Crippen molar-refractivity contribution in [2.45, 2.75) is 53.5 Å². The van der Waals surface area contributed by atoms with Crippen molar-refractivity contribution in [3.05, 3.63) is 0 Å². The van der Waals surface area contributed by atoms with Crippen LogP contribution in [0.1, 0.15) is 47.5 Å². The quantitative estimate of drug-likeness (QED) is 0.567. The molecular formula is C15H27NO3. The third-order valence-electron chi connectivity index (χ3n) is 4.33. The number of ketones is 1. The van der Waals surface area contributed by atoms with Gasteiger partial charge in [-0.05, 0) is 53.0 Å². The van der Waals surface area contributed by atoms with Crippen LogP contribution in [0.5, 0.6) is 0 Å². The second-order valence-corrected chi connectivity index (χ2v) is 6.10. The molecule has 110 valence electrons. The minimum Gasteiger partial charge on any atom is -0.465 e. The van der Waals surface area contributed by atoms with Gasteiger partial charge in [0.2, 0.25) is 0 Å². The molecule has 0 spiro atoms. The van der Waals surface area contributed by atoms with Crippen molar-refractivity contribution in [3.8, 4) is 0 Å². The molecule has 0 amide bonds. The van der Waals surface area contributed by atoms with E-state index in [1.807, 2.05) is 0 Å². The lowest BCUT2D eigenvalue weighted by atomic mass is 9.86. The Hall–Kier alpha value is -0.900. The van der Waals surface area contributed by atoms with Gasteiger partial charge in [0.15, 0.2) is 5.78 Å². The van der Waals surface area contributed by atoms with Crippen molar-refractivity contribution in [2.24, 2.45) is 11.3 Å². The number of hydrogen-bond donors (Lipinski definition) is 0. The first-order chi connectivity index (χ1) is 8.80. The molecule has 0 aromatic rings. The van der Waals surface area contributed by atoms with Gasteiger partial charge in [0.1, 0.15) is 5.41 Å². The molecule has 0 N–H and O–H groups in total. The van der Waals surface area contributed by atoms with Gasteiger partial charge in [0.05, 0.1) is 13.2 Å². The number of nitrogens with zero attached hydrogens (tertiary/aromatic N) is 1. The zero-order valence-electron chi connectivity index (χ0n) is 12.9. The molecule has 2 atom stereocenters. The van der Waals surface area contributed by atoms with E-state index in [9.17, 15) is 9.59 Å². The molecule has 0 aromatic heterocycles. The Morgan fingerprint density at radius 3 is 2.53 bits per heavy atom. The average Bonchev–Trinajstić information content (AvgIpc) is 2.35. The summed E-state index contributed by atoms with van der Waals surface area (Å²) in [6, 6.07) is 0.399. The van der Waals surface area contributed by atoms with Crippen LogP contribution >= 0.6 is 0 Å². The van der Waals surface area contributed by atoms with Crippen molar-refractivity contribution >= 4 is 11.8 Å². The first-order valence-electron chi connectivity index (χ1n) is 7.25. The lowest BCUT2D eigenvalue weighted by molar-refractivity contribution is -0.158. The third-order valence-corrected chi connectivity index (χ3v) is 4.33. The van der Waals surface area contributed by atoms with Gasteiger partial charge >= 0.3 is 5.97 Å². The molecule has 1 fully saturated rings. The van der Waals surface area contributed by atoms with E-state index in [1.165, 1.54) is 6.42 Å². The van der Waals surface area contributed by atoms with Crippen LogP contribution in [0, 0.1) is 11.3 Å². The molecule has 1 saturated heterocycles. The summed E-state index contributed by atoms with van der Waals surface area (Å²) in [5, 5.41) is 0. The second-order valence-electron chi connectivity index (χ2n) is 6.10. The van der Waals surface area contributed by atoms with E-state index in [2.05, 4.69) is 18.7 Å². The molecular weight excluding hydrogens is 242 g/mol. The molecule has 0 saturated carbocycles. The Balaban J connectivity index is 2.65. The number of piperidine rings is 1. The van der Waals surface area contributed by atoms with Gasteiger partial charge in [-0.2, -0.15) is 0 Å². The van der Waals surface area contributed by atoms with Gasteiger partial charge in [-0.25, -0.2) is 0 Å². The third kappa shape index (κ3) is 3.78. The zero-order chi connectivity index (χ0) is 14.6.